The number of hydrogen-bond acceptors (Lipinski definition) is 3. The smallest absolute Gasteiger partial charge is 0.216 e. The molecule has 104 valence electrons. The highest BCUT2D eigenvalue weighted by molar-refractivity contribution is 5.72. The van der Waals surface area contributed by atoms with Gasteiger partial charge in [0.15, 0.2) is 0 Å². The SMILES string of the molecule is COc1ccc(C(NCCNC(C)=O)C2CC2)cc1. The van der Waals surface area contributed by atoms with Gasteiger partial charge in [-0.05, 0) is 36.5 Å². The van der Waals surface area contributed by atoms with Crippen LogP contribution in [0.2, 0.25) is 0 Å². The molecular weight excluding hydrogens is 240 g/mol. The van der Waals surface area contributed by atoms with E-state index in [1.165, 1.54) is 18.4 Å². The highest BCUT2D eigenvalue weighted by atomic mass is 16.5. The summed E-state index contributed by atoms with van der Waals surface area (Å²) in [5.74, 6) is 1.64. The van der Waals surface area contributed by atoms with E-state index in [1.54, 1.807) is 14.0 Å². The Hall–Kier alpha value is -1.55. The van der Waals surface area contributed by atoms with Crippen molar-refractivity contribution in [1.29, 1.82) is 0 Å². The molecular formula is C15H22N2O2. The molecule has 2 rings (SSSR count). The molecule has 4 heteroatoms. The fourth-order valence-electron chi connectivity index (χ4n) is 2.26. The second-order valence-corrected chi connectivity index (χ2v) is 5.03. The Bertz CT molecular complexity index is 413. The van der Waals surface area contributed by atoms with Crippen molar-refractivity contribution in [2.45, 2.75) is 25.8 Å². The van der Waals surface area contributed by atoms with Crippen LogP contribution in [0.1, 0.15) is 31.4 Å². The van der Waals surface area contributed by atoms with Crippen LogP contribution in [0.15, 0.2) is 24.3 Å². The number of carbonyl (C=O) groups is 1. The lowest BCUT2D eigenvalue weighted by atomic mass is 10.0. The van der Waals surface area contributed by atoms with Crippen molar-refractivity contribution in [1.82, 2.24) is 10.6 Å². The number of ether oxygens (including phenoxy) is 1. The molecule has 1 aromatic rings. The molecule has 1 amide bonds. The topological polar surface area (TPSA) is 50.4 Å². The molecule has 0 radical (unpaired) electrons. The van der Waals surface area contributed by atoms with E-state index in [0.717, 1.165) is 18.2 Å². The number of rotatable bonds is 7. The van der Waals surface area contributed by atoms with Gasteiger partial charge in [0, 0.05) is 26.1 Å². The van der Waals surface area contributed by atoms with Crippen molar-refractivity contribution in [3.8, 4) is 5.75 Å². The maximum absolute atomic E-state index is 10.8. The molecule has 1 aromatic carbocycles. The summed E-state index contributed by atoms with van der Waals surface area (Å²) in [4.78, 5) is 10.8. The minimum Gasteiger partial charge on any atom is -0.497 e. The molecule has 0 saturated heterocycles. The van der Waals surface area contributed by atoms with Crippen molar-refractivity contribution in [3.05, 3.63) is 29.8 Å². The summed E-state index contributed by atoms with van der Waals surface area (Å²) in [6.07, 6.45) is 2.56. The second kappa shape index (κ2) is 6.57. The van der Waals surface area contributed by atoms with Crippen molar-refractivity contribution >= 4 is 5.91 Å². The molecule has 1 fully saturated rings. The largest absolute Gasteiger partial charge is 0.497 e. The Morgan fingerprint density at radius 1 is 1.32 bits per heavy atom. The van der Waals surface area contributed by atoms with Crippen molar-refractivity contribution in [2.24, 2.45) is 5.92 Å². The van der Waals surface area contributed by atoms with E-state index in [0.29, 0.717) is 12.6 Å². The number of methoxy groups -OCH3 is 1. The van der Waals surface area contributed by atoms with Gasteiger partial charge in [-0.3, -0.25) is 4.79 Å². The van der Waals surface area contributed by atoms with Crippen LogP contribution in [0.25, 0.3) is 0 Å². The van der Waals surface area contributed by atoms with E-state index in [-0.39, 0.29) is 5.91 Å². The number of nitrogens with one attached hydrogen (secondary N) is 2. The van der Waals surface area contributed by atoms with Gasteiger partial charge in [0.05, 0.1) is 7.11 Å². The van der Waals surface area contributed by atoms with Crippen LogP contribution in [0.4, 0.5) is 0 Å². The third-order valence-electron chi connectivity index (χ3n) is 3.43. The summed E-state index contributed by atoms with van der Waals surface area (Å²) in [5, 5.41) is 6.34. The fraction of sp³-hybridized carbons (Fsp3) is 0.533. The van der Waals surface area contributed by atoms with Crippen LogP contribution in [0, 0.1) is 5.92 Å². The van der Waals surface area contributed by atoms with Crippen LogP contribution in [0.5, 0.6) is 5.75 Å². The molecule has 0 aromatic heterocycles. The molecule has 1 aliphatic rings. The van der Waals surface area contributed by atoms with Gasteiger partial charge in [-0.25, -0.2) is 0 Å². The van der Waals surface area contributed by atoms with Crippen molar-refractivity contribution in [2.75, 3.05) is 20.2 Å². The van der Waals surface area contributed by atoms with E-state index in [4.69, 9.17) is 4.74 Å². The molecule has 0 bridgehead atoms. The summed E-state index contributed by atoms with van der Waals surface area (Å²) >= 11 is 0. The third-order valence-corrected chi connectivity index (χ3v) is 3.43. The lowest BCUT2D eigenvalue weighted by Crippen LogP contribution is -2.33. The highest BCUT2D eigenvalue weighted by Gasteiger charge is 2.31. The Labute approximate surface area is 114 Å². The maximum atomic E-state index is 10.8. The normalized spacial score (nSPS) is 15.9. The van der Waals surface area contributed by atoms with E-state index in [9.17, 15) is 4.79 Å². The first kappa shape index (κ1) is 13.9. The average molecular weight is 262 g/mol. The molecule has 1 unspecified atom stereocenters. The third kappa shape index (κ3) is 4.24. The summed E-state index contributed by atoms with van der Waals surface area (Å²) in [6.45, 7) is 3.02. The van der Waals surface area contributed by atoms with Crippen LogP contribution < -0.4 is 15.4 Å². The Morgan fingerprint density at radius 2 is 2.00 bits per heavy atom. The van der Waals surface area contributed by atoms with Gasteiger partial charge in [-0.2, -0.15) is 0 Å². The average Bonchev–Trinajstić information content (AvgIpc) is 3.23. The molecule has 0 spiro atoms. The highest BCUT2D eigenvalue weighted by Crippen LogP contribution is 2.41. The second-order valence-electron chi connectivity index (χ2n) is 5.03. The molecule has 19 heavy (non-hydrogen) atoms. The van der Waals surface area contributed by atoms with Crippen molar-refractivity contribution in [3.63, 3.8) is 0 Å². The lowest BCUT2D eigenvalue weighted by Gasteiger charge is -2.19. The van der Waals surface area contributed by atoms with Crippen LogP contribution >= 0.6 is 0 Å². The number of hydrogen-bond donors (Lipinski definition) is 2. The summed E-state index contributed by atoms with van der Waals surface area (Å²) < 4.78 is 5.18. The zero-order valence-corrected chi connectivity index (χ0v) is 11.6. The van der Waals surface area contributed by atoms with Gasteiger partial charge in [0.25, 0.3) is 0 Å². The van der Waals surface area contributed by atoms with Gasteiger partial charge >= 0.3 is 0 Å². The van der Waals surface area contributed by atoms with Crippen LogP contribution in [0.3, 0.4) is 0 Å². The number of benzene rings is 1. The van der Waals surface area contributed by atoms with Gasteiger partial charge in [-0.15, -0.1) is 0 Å². The zero-order valence-electron chi connectivity index (χ0n) is 11.6. The molecule has 4 nitrogen and oxygen atoms in total. The minimum absolute atomic E-state index is 0.0224. The standard InChI is InChI=1S/C15H22N2O2/c1-11(18)16-9-10-17-15(12-3-4-12)13-5-7-14(19-2)8-6-13/h5-8,12,15,17H,3-4,9-10H2,1-2H3,(H,16,18). The first-order valence-corrected chi connectivity index (χ1v) is 6.82. The molecule has 1 aliphatic carbocycles. The van der Waals surface area contributed by atoms with E-state index < -0.39 is 0 Å². The fourth-order valence-corrected chi connectivity index (χ4v) is 2.26. The summed E-state index contributed by atoms with van der Waals surface area (Å²) in [7, 11) is 1.68. The monoisotopic (exact) mass is 262 g/mol. The summed E-state index contributed by atoms with van der Waals surface area (Å²) in [5.41, 5.74) is 1.30. The van der Waals surface area contributed by atoms with Crippen molar-refractivity contribution < 1.29 is 9.53 Å². The predicted octanol–water partition coefficient (Wildman–Crippen LogP) is 1.87. The molecule has 2 N–H and O–H groups in total. The number of amides is 1. The summed E-state index contributed by atoms with van der Waals surface area (Å²) in [6, 6.07) is 8.63. The van der Waals surface area contributed by atoms with E-state index in [2.05, 4.69) is 22.8 Å². The van der Waals surface area contributed by atoms with Gasteiger partial charge in [0.2, 0.25) is 5.91 Å². The van der Waals surface area contributed by atoms with Crippen LogP contribution in [-0.4, -0.2) is 26.1 Å². The Balaban J connectivity index is 1.89. The lowest BCUT2D eigenvalue weighted by molar-refractivity contribution is -0.118. The molecule has 1 atom stereocenters. The predicted molar refractivity (Wildman–Crippen MR) is 75.1 cm³/mol. The number of carbonyl (C=O) groups excluding carboxylic acids is 1. The molecule has 0 heterocycles. The first-order valence-electron chi connectivity index (χ1n) is 6.82. The van der Waals surface area contributed by atoms with E-state index >= 15 is 0 Å². The maximum Gasteiger partial charge on any atom is 0.216 e. The molecule has 1 saturated carbocycles. The minimum atomic E-state index is 0.0224. The first-order chi connectivity index (χ1) is 9.20. The van der Waals surface area contributed by atoms with Crippen LogP contribution in [-0.2, 0) is 4.79 Å². The van der Waals surface area contributed by atoms with E-state index in [1.807, 2.05) is 12.1 Å². The quantitative estimate of drug-likeness (QED) is 0.738. The zero-order chi connectivity index (χ0) is 13.7. The molecule has 0 aliphatic heterocycles. The van der Waals surface area contributed by atoms with Gasteiger partial charge in [-0.1, -0.05) is 12.1 Å². The Kier molecular flexibility index (Phi) is 4.80. The Morgan fingerprint density at radius 3 is 2.53 bits per heavy atom. The van der Waals surface area contributed by atoms with Gasteiger partial charge < -0.3 is 15.4 Å². The van der Waals surface area contributed by atoms with Gasteiger partial charge in [0.1, 0.15) is 5.75 Å².